The first kappa shape index (κ1) is 18.9. The molecule has 1 N–H and O–H groups in total. The Labute approximate surface area is 172 Å². The van der Waals surface area contributed by atoms with Crippen LogP contribution in [0.5, 0.6) is 0 Å². The number of piperazine rings is 1. The van der Waals surface area contributed by atoms with Gasteiger partial charge in [0.15, 0.2) is 0 Å². The Morgan fingerprint density at radius 3 is 2.41 bits per heavy atom. The first-order valence-corrected chi connectivity index (χ1v) is 10.9. The largest absolute Gasteiger partial charge is 0.367 e. The van der Waals surface area contributed by atoms with Gasteiger partial charge in [0.25, 0.3) is 10.0 Å². The number of benzene rings is 2. The van der Waals surface area contributed by atoms with Crippen molar-refractivity contribution >= 4 is 61.4 Å². The number of nitrogens with one attached hydrogen (secondary N) is 1. The van der Waals surface area contributed by atoms with Gasteiger partial charge < -0.3 is 10.2 Å². The minimum absolute atomic E-state index is 0.0993. The van der Waals surface area contributed by atoms with Crippen LogP contribution in [0.3, 0.4) is 0 Å². The third kappa shape index (κ3) is 3.30. The van der Waals surface area contributed by atoms with E-state index >= 15 is 0 Å². The maximum absolute atomic E-state index is 13.2. The van der Waals surface area contributed by atoms with Gasteiger partial charge in [0.2, 0.25) is 0 Å². The maximum atomic E-state index is 13.2. The number of anilines is 1. The van der Waals surface area contributed by atoms with Crippen molar-refractivity contribution in [1.82, 2.24) is 9.29 Å². The molecule has 2 aromatic carbocycles. The molecule has 5 nitrogen and oxygen atoms in total. The van der Waals surface area contributed by atoms with E-state index in [1.807, 2.05) is 0 Å². The summed E-state index contributed by atoms with van der Waals surface area (Å²) in [5.41, 5.74) is 1.21. The normalized spacial score (nSPS) is 15.4. The van der Waals surface area contributed by atoms with E-state index in [1.54, 1.807) is 24.3 Å². The van der Waals surface area contributed by atoms with E-state index in [2.05, 4.69) is 10.2 Å². The lowest BCUT2D eigenvalue weighted by atomic mass is 10.2. The van der Waals surface area contributed by atoms with E-state index in [1.165, 1.54) is 22.3 Å². The fraction of sp³-hybridized carbons (Fsp3) is 0.222. The second-order valence-electron chi connectivity index (χ2n) is 6.26. The Kier molecular flexibility index (Phi) is 5.03. The summed E-state index contributed by atoms with van der Waals surface area (Å²) in [7, 11) is -3.85. The van der Waals surface area contributed by atoms with Gasteiger partial charge in [-0.3, -0.25) is 0 Å². The predicted octanol–water partition coefficient (Wildman–Crippen LogP) is 4.25. The minimum Gasteiger partial charge on any atom is -0.367 e. The van der Waals surface area contributed by atoms with Gasteiger partial charge in [0.05, 0.1) is 26.1 Å². The molecule has 1 aromatic heterocycles. The molecule has 2 heterocycles. The molecular weight excluding hydrogens is 429 g/mol. The van der Waals surface area contributed by atoms with Crippen molar-refractivity contribution in [2.24, 2.45) is 0 Å². The molecule has 1 fully saturated rings. The van der Waals surface area contributed by atoms with Gasteiger partial charge in [-0.15, -0.1) is 0 Å². The third-order valence-corrected chi connectivity index (χ3v) is 7.08. The number of rotatable bonds is 3. The van der Waals surface area contributed by atoms with Crippen LogP contribution in [0.1, 0.15) is 0 Å². The van der Waals surface area contributed by atoms with Crippen LogP contribution in [0.2, 0.25) is 15.1 Å². The zero-order valence-electron chi connectivity index (χ0n) is 14.1. The zero-order chi connectivity index (χ0) is 19.2. The van der Waals surface area contributed by atoms with Crippen LogP contribution in [-0.2, 0) is 10.0 Å². The monoisotopic (exact) mass is 443 g/mol. The number of halogens is 3. The molecule has 1 saturated heterocycles. The van der Waals surface area contributed by atoms with Crippen molar-refractivity contribution < 1.29 is 8.42 Å². The molecule has 0 atom stereocenters. The number of aromatic nitrogens is 1. The summed E-state index contributed by atoms with van der Waals surface area (Å²) in [5, 5.41) is 5.14. The van der Waals surface area contributed by atoms with Crippen LogP contribution in [-0.4, -0.2) is 38.6 Å². The molecule has 0 radical (unpaired) electrons. The fourth-order valence-electron chi connectivity index (χ4n) is 3.37. The number of fused-ring (bicyclic) bond motifs is 1. The highest BCUT2D eigenvalue weighted by Gasteiger charge is 2.25. The summed E-state index contributed by atoms with van der Waals surface area (Å²) in [4.78, 5) is 2.25. The van der Waals surface area contributed by atoms with Crippen molar-refractivity contribution in [3.63, 3.8) is 0 Å². The van der Waals surface area contributed by atoms with Crippen LogP contribution in [0.15, 0.2) is 47.5 Å². The summed E-state index contributed by atoms with van der Waals surface area (Å²) in [6.45, 7) is 3.23. The van der Waals surface area contributed by atoms with Gasteiger partial charge in [0, 0.05) is 42.8 Å². The summed E-state index contributed by atoms with van der Waals surface area (Å²) in [6, 6.07) is 9.51. The molecule has 0 aliphatic carbocycles. The van der Waals surface area contributed by atoms with Crippen LogP contribution in [0, 0.1) is 0 Å². The van der Waals surface area contributed by atoms with Crippen molar-refractivity contribution in [2.75, 3.05) is 31.1 Å². The fourth-order valence-corrected chi connectivity index (χ4v) is 5.77. The Balaban J connectivity index is 1.93. The van der Waals surface area contributed by atoms with E-state index in [-0.39, 0.29) is 9.92 Å². The molecule has 1 aliphatic heterocycles. The molecule has 27 heavy (non-hydrogen) atoms. The molecule has 0 spiro atoms. The van der Waals surface area contributed by atoms with Gasteiger partial charge in [-0.1, -0.05) is 40.9 Å². The van der Waals surface area contributed by atoms with Crippen LogP contribution in [0.4, 0.5) is 5.69 Å². The molecule has 142 valence electrons. The second-order valence-corrected chi connectivity index (χ2v) is 9.33. The molecule has 3 aromatic rings. The summed E-state index contributed by atoms with van der Waals surface area (Å²) in [5.74, 6) is 0. The third-order valence-electron chi connectivity index (χ3n) is 4.60. The van der Waals surface area contributed by atoms with Gasteiger partial charge in [0.1, 0.15) is 0 Å². The quantitative estimate of drug-likeness (QED) is 0.656. The van der Waals surface area contributed by atoms with Crippen LogP contribution in [0.25, 0.3) is 10.9 Å². The van der Waals surface area contributed by atoms with E-state index in [4.69, 9.17) is 34.8 Å². The van der Waals surface area contributed by atoms with Crippen molar-refractivity contribution in [1.29, 1.82) is 0 Å². The minimum atomic E-state index is -3.85. The first-order chi connectivity index (χ1) is 12.9. The van der Waals surface area contributed by atoms with Gasteiger partial charge >= 0.3 is 0 Å². The summed E-state index contributed by atoms with van der Waals surface area (Å²) in [6.07, 6.45) is 1.51. The molecule has 0 bridgehead atoms. The molecule has 4 rings (SSSR count). The number of hydrogen-bond acceptors (Lipinski definition) is 4. The Morgan fingerprint density at radius 1 is 0.963 bits per heavy atom. The lowest BCUT2D eigenvalue weighted by Crippen LogP contribution is -2.43. The van der Waals surface area contributed by atoms with E-state index in [0.29, 0.717) is 20.9 Å². The van der Waals surface area contributed by atoms with E-state index in [0.717, 1.165) is 31.9 Å². The predicted molar refractivity (Wildman–Crippen MR) is 111 cm³/mol. The van der Waals surface area contributed by atoms with Gasteiger partial charge in [-0.25, -0.2) is 12.4 Å². The molecule has 1 aliphatic rings. The lowest BCUT2D eigenvalue weighted by Gasteiger charge is -2.31. The van der Waals surface area contributed by atoms with Crippen molar-refractivity contribution in [3.8, 4) is 0 Å². The SMILES string of the molecule is O=S(=O)(c1cccc(Cl)c1)n1ccc2c(N3CCNCC3)c(Cl)cc(Cl)c21. The molecule has 0 saturated carbocycles. The van der Waals surface area contributed by atoms with Crippen molar-refractivity contribution in [3.05, 3.63) is 57.7 Å². The number of nitrogens with zero attached hydrogens (tertiary/aromatic N) is 2. The lowest BCUT2D eigenvalue weighted by molar-refractivity contribution is 0.588. The highest BCUT2D eigenvalue weighted by molar-refractivity contribution is 7.90. The summed E-state index contributed by atoms with van der Waals surface area (Å²) < 4.78 is 27.5. The molecular formula is C18H16Cl3N3O2S. The number of hydrogen-bond donors (Lipinski definition) is 1. The Bertz CT molecular complexity index is 1120. The molecule has 0 amide bonds. The first-order valence-electron chi connectivity index (χ1n) is 8.35. The Hall–Kier alpha value is -1.44. The molecule has 9 heteroatoms. The highest BCUT2D eigenvalue weighted by Crippen LogP contribution is 2.40. The topological polar surface area (TPSA) is 54.3 Å². The molecule has 0 unspecified atom stereocenters. The second kappa shape index (κ2) is 7.18. The van der Waals surface area contributed by atoms with E-state index < -0.39 is 10.0 Å². The van der Waals surface area contributed by atoms with Gasteiger partial charge in [-0.2, -0.15) is 0 Å². The van der Waals surface area contributed by atoms with E-state index in [9.17, 15) is 8.42 Å². The smallest absolute Gasteiger partial charge is 0.268 e. The average Bonchev–Trinajstić information content (AvgIpc) is 3.09. The standard InChI is InChI=1S/C18H16Cl3N3O2S/c19-12-2-1-3-13(10-12)27(25,26)24-7-4-14-17(23-8-5-22-6-9-23)15(20)11-16(21)18(14)24/h1-4,7,10-11,22H,5-6,8-9H2. The van der Waals surface area contributed by atoms with Crippen LogP contribution >= 0.6 is 34.8 Å². The van der Waals surface area contributed by atoms with Crippen LogP contribution < -0.4 is 10.2 Å². The van der Waals surface area contributed by atoms with Crippen molar-refractivity contribution in [2.45, 2.75) is 4.90 Å². The highest BCUT2D eigenvalue weighted by atomic mass is 35.5. The Morgan fingerprint density at radius 2 is 1.70 bits per heavy atom. The van der Waals surface area contributed by atoms with Gasteiger partial charge in [-0.05, 0) is 30.3 Å². The average molecular weight is 445 g/mol. The summed E-state index contributed by atoms with van der Waals surface area (Å²) >= 11 is 18.9. The zero-order valence-corrected chi connectivity index (χ0v) is 17.2. The maximum Gasteiger partial charge on any atom is 0.268 e.